The van der Waals surface area contributed by atoms with Gasteiger partial charge in [0.1, 0.15) is 0 Å². The Bertz CT molecular complexity index is 654. The third-order valence-electron chi connectivity index (χ3n) is 2.73. The molecule has 0 aliphatic heterocycles. The first kappa shape index (κ1) is 10.5. The van der Waals surface area contributed by atoms with Gasteiger partial charge in [-0.25, -0.2) is 0 Å². The predicted octanol–water partition coefficient (Wildman–Crippen LogP) is 4.46. The van der Waals surface area contributed by atoms with E-state index in [0.29, 0.717) is 0 Å². The summed E-state index contributed by atoms with van der Waals surface area (Å²) in [5.41, 5.74) is 2.09. The molecule has 1 nitrogen and oxygen atoms in total. The molecule has 0 saturated carbocycles. The summed E-state index contributed by atoms with van der Waals surface area (Å²) in [7, 11) is 0. The van der Waals surface area contributed by atoms with Crippen molar-refractivity contribution >= 4 is 26.7 Å². The molecule has 17 heavy (non-hydrogen) atoms. The number of fused-ring (bicyclic) bond motifs is 1. The molecule has 3 rings (SSSR count). The van der Waals surface area contributed by atoms with E-state index in [1.807, 2.05) is 12.1 Å². The van der Waals surface area contributed by atoms with Crippen LogP contribution in [0.1, 0.15) is 0 Å². The number of hydrogen-bond acceptors (Lipinski definition) is 1. The molecule has 1 aromatic heterocycles. The van der Waals surface area contributed by atoms with Gasteiger partial charge in [0.15, 0.2) is 0 Å². The average Bonchev–Trinajstić information content (AvgIpc) is 2.39. The van der Waals surface area contributed by atoms with Crippen molar-refractivity contribution in [1.29, 1.82) is 0 Å². The smallest absolute Gasteiger partial charge is 0.0715 e. The molecule has 81 valence electrons. The Labute approximate surface area is 108 Å². The van der Waals surface area contributed by atoms with Crippen molar-refractivity contribution in [3.63, 3.8) is 0 Å². The van der Waals surface area contributed by atoms with Crippen LogP contribution in [-0.4, -0.2) is 4.98 Å². The molecule has 2 aromatic carbocycles. The van der Waals surface area contributed by atoms with Crippen LogP contribution in [0.5, 0.6) is 0 Å². The van der Waals surface area contributed by atoms with Crippen LogP contribution < -0.4 is 0 Å². The highest BCUT2D eigenvalue weighted by molar-refractivity contribution is 9.10. The van der Waals surface area contributed by atoms with E-state index >= 15 is 0 Å². The van der Waals surface area contributed by atoms with Crippen LogP contribution in [0.15, 0.2) is 59.2 Å². The van der Waals surface area contributed by atoms with Crippen LogP contribution in [-0.2, 0) is 0 Å². The molecule has 2 heteroatoms. The number of rotatable bonds is 1. The lowest BCUT2D eigenvalue weighted by atomic mass is 10.0. The van der Waals surface area contributed by atoms with Crippen LogP contribution in [0.2, 0.25) is 0 Å². The molecule has 0 fully saturated rings. The van der Waals surface area contributed by atoms with Gasteiger partial charge >= 0.3 is 0 Å². The summed E-state index contributed by atoms with van der Waals surface area (Å²) in [4.78, 5) is 4.42. The van der Waals surface area contributed by atoms with Gasteiger partial charge in [0, 0.05) is 22.3 Å². The maximum atomic E-state index is 4.42. The largest absolute Gasteiger partial charge is 0.255 e. The van der Waals surface area contributed by atoms with Crippen LogP contribution in [0, 0.1) is 6.07 Å². The fourth-order valence-corrected chi connectivity index (χ4v) is 2.15. The Morgan fingerprint density at radius 2 is 1.82 bits per heavy atom. The summed E-state index contributed by atoms with van der Waals surface area (Å²) >= 11 is 3.35. The molecule has 0 amide bonds. The third-order valence-corrected chi connectivity index (χ3v) is 3.16. The first-order valence-corrected chi connectivity index (χ1v) is 6.15. The fraction of sp³-hybridized carbons (Fsp3) is 0. The molecule has 0 N–H and O–H groups in total. The van der Waals surface area contributed by atoms with E-state index in [9.17, 15) is 0 Å². The second-order valence-corrected chi connectivity index (χ2v) is 4.66. The summed E-state index contributed by atoms with van der Waals surface area (Å²) in [5, 5.41) is 2.45. The van der Waals surface area contributed by atoms with Gasteiger partial charge < -0.3 is 0 Å². The maximum Gasteiger partial charge on any atom is 0.0715 e. The van der Waals surface area contributed by atoms with E-state index in [1.165, 1.54) is 10.8 Å². The summed E-state index contributed by atoms with van der Waals surface area (Å²) in [5.74, 6) is 0. The zero-order valence-corrected chi connectivity index (χ0v) is 10.6. The maximum absolute atomic E-state index is 4.42. The van der Waals surface area contributed by atoms with E-state index in [1.54, 1.807) is 6.20 Å². The molecule has 3 aromatic rings. The van der Waals surface area contributed by atoms with E-state index < -0.39 is 0 Å². The fourth-order valence-electron chi connectivity index (χ4n) is 1.93. The molecule has 0 aliphatic carbocycles. The van der Waals surface area contributed by atoms with Gasteiger partial charge in [-0.1, -0.05) is 42.5 Å². The van der Waals surface area contributed by atoms with Crippen molar-refractivity contribution in [3.8, 4) is 11.3 Å². The lowest BCUT2D eigenvalue weighted by Gasteiger charge is -2.05. The van der Waals surface area contributed by atoms with Crippen molar-refractivity contribution in [2.75, 3.05) is 0 Å². The first-order valence-electron chi connectivity index (χ1n) is 5.36. The Morgan fingerprint density at radius 3 is 2.65 bits per heavy atom. The molecule has 0 unspecified atom stereocenters. The highest BCUT2D eigenvalue weighted by Crippen LogP contribution is 2.27. The Kier molecular flexibility index (Phi) is 2.65. The number of aromatic nitrogens is 1. The first-order chi connectivity index (χ1) is 8.34. The lowest BCUT2D eigenvalue weighted by Crippen LogP contribution is -1.84. The van der Waals surface area contributed by atoms with Crippen LogP contribution in [0.4, 0.5) is 0 Å². The molecular weight excluding hydrogens is 274 g/mol. The van der Waals surface area contributed by atoms with Crippen molar-refractivity contribution in [3.05, 3.63) is 65.3 Å². The van der Waals surface area contributed by atoms with Crippen molar-refractivity contribution < 1.29 is 0 Å². The summed E-state index contributed by atoms with van der Waals surface area (Å²) in [6, 6.07) is 19.6. The second kappa shape index (κ2) is 4.30. The molecule has 0 spiro atoms. The number of hydrogen-bond donors (Lipinski definition) is 0. The van der Waals surface area contributed by atoms with Gasteiger partial charge in [-0.05, 0) is 32.8 Å². The van der Waals surface area contributed by atoms with Gasteiger partial charge in [0.05, 0.1) is 5.69 Å². The van der Waals surface area contributed by atoms with Crippen LogP contribution >= 0.6 is 15.9 Å². The molecular formula is C15H9BrN. The van der Waals surface area contributed by atoms with Gasteiger partial charge in [-0.2, -0.15) is 0 Å². The van der Waals surface area contributed by atoms with Crippen molar-refractivity contribution in [2.24, 2.45) is 0 Å². The number of pyridine rings is 1. The van der Waals surface area contributed by atoms with Crippen LogP contribution in [0.25, 0.3) is 22.0 Å². The van der Waals surface area contributed by atoms with Gasteiger partial charge in [0.2, 0.25) is 0 Å². The van der Waals surface area contributed by atoms with E-state index in [0.717, 1.165) is 15.7 Å². The second-order valence-electron chi connectivity index (χ2n) is 3.81. The van der Waals surface area contributed by atoms with Gasteiger partial charge in [-0.15, -0.1) is 0 Å². The van der Waals surface area contributed by atoms with Crippen LogP contribution in [0.3, 0.4) is 0 Å². The number of halogens is 1. The number of benzene rings is 2. The monoisotopic (exact) mass is 282 g/mol. The highest BCUT2D eigenvalue weighted by atomic mass is 79.9. The third kappa shape index (κ3) is 1.96. The molecule has 0 saturated heterocycles. The summed E-state index contributed by atoms with van der Waals surface area (Å²) < 4.78 is 0.876. The zero-order valence-electron chi connectivity index (χ0n) is 9.02. The number of nitrogens with zero attached hydrogens (tertiary/aromatic N) is 1. The summed E-state index contributed by atoms with van der Waals surface area (Å²) in [6.07, 6.45) is 1.77. The minimum Gasteiger partial charge on any atom is -0.255 e. The molecule has 1 heterocycles. The minimum atomic E-state index is 0.876. The molecule has 0 aliphatic rings. The standard InChI is InChI=1S/C15H9BrN/c16-12-8-9-15(17-10-12)14-7-3-5-11-4-1-2-6-13(11)14/h1-7,9-10H. The van der Waals surface area contributed by atoms with Gasteiger partial charge in [0.25, 0.3) is 0 Å². The molecule has 1 radical (unpaired) electrons. The molecule has 0 bridgehead atoms. The van der Waals surface area contributed by atoms with E-state index in [2.05, 4.69) is 63.4 Å². The SMILES string of the molecule is Brc1[c]cc(-c2cccc3ccccc23)nc1. The average molecular weight is 283 g/mol. The van der Waals surface area contributed by atoms with Gasteiger partial charge in [-0.3, -0.25) is 4.98 Å². The topological polar surface area (TPSA) is 12.9 Å². The quantitative estimate of drug-likeness (QED) is 0.642. The Balaban J connectivity index is 2.27. The Hall–Kier alpha value is -1.67. The van der Waals surface area contributed by atoms with Crippen molar-refractivity contribution in [1.82, 2.24) is 4.98 Å². The lowest BCUT2D eigenvalue weighted by molar-refractivity contribution is 1.31. The molecule has 0 atom stereocenters. The van der Waals surface area contributed by atoms with Crippen molar-refractivity contribution in [2.45, 2.75) is 0 Å². The summed E-state index contributed by atoms with van der Waals surface area (Å²) in [6.45, 7) is 0. The predicted molar refractivity (Wildman–Crippen MR) is 73.7 cm³/mol. The normalized spacial score (nSPS) is 10.6. The van der Waals surface area contributed by atoms with E-state index in [-0.39, 0.29) is 0 Å². The Morgan fingerprint density at radius 1 is 1.00 bits per heavy atom. The zero-order chi connectivity index (χ0) is 11.7. The highest BCUT2D eigenvalue weighted by Gasteiger charge is 2.03. The van der Waals surface area contributed by atoms with E-state index in [4.69, 9.17) is 0 Å². The minimum absolute atomic E-state index is 0.876.